The summed E-state index contributed by atoms with van der Waals surface area (Å²) in [5, 5.41) is 11.5. The third kappa shape index (κ3) is 14.0. The molecule has 2 unspecified atom stereocenters. The van der Waals surface area contributed by atoms with Crippen LogP contribution in [0.2, 0.25) is 0 Å². The van der Waals surface area contributed by atoms with Crippen molar-refractivity contribution in [3.63, 3.8) is 0 Å². The molecule has 0 rings (SSSR count). The predicted octanol–water partition coefficient (Wildman–Crippen LogP) is 5.46. The second-order valence-corrected chi connectivity index (χ2v) is 9.46. The number of rotatable bonds is 23. The van der Waals surface area contributed by atoms with Gasteiger partial charge in [0, 0.05) is 6.42 Å². The van der Waals surface area contributed by atoms with Gasteiger partial charge in [0.2, 0.25) is 0 Å². The molecule has 0 aromatic rings. The van der Waals surface area contributed by atoms with Gasteiger partial charge in [0.25, 0.3) is 0 Å². The second-order valence-electron chi connectivity index (χ2n) is 9.46. The maximum atomic E-state index is 13.3. The molecule has 0 bridgehead atoms. The van der Waals surface area contributed by atoms with E-state index in [1.54, 1.807) is 0 Å². The Morgan fingerprint density at radius 3 is 1.67 bits per heavy atom. The Morgan fingerprint density at radius 1 is 0.639 bits per heavy atom. The van der Waals surface area contributed by atoms with E-state index in [4.69, 9.17) is 14.2 Å². The molecule has 1 N–H and O–H groups in total. The summed E-state index contributed by atoms with van der Waals surface area (Å²) in [7, 11) is 0. The van der Waals surface area contributed by atoms with Crippen LogP contribution in [0.15, 0.2) is 0 Å². The molecule has 0 fully saturated rings. The third-order valence-corrected chi connectivity index (χ3v) is 6.06. The number of esters is 3. The zero-order valence-corrected chi connectivity index (χ0v) is 23.1. The van der Waals surface area contributed by atoms with Crippen LogP contribution in [-0.2, 0) is 33.4 Å². The molecule has 0 saturated heterocycles. The Kier molecular flexibility index (Phi) is 20.0. The van der Waals surface area contributed by atoms with Gasteiger partial charge in [-0.2, -0.15) is 0 Å². The van der Waals surface area contributed by atoms with Crippen LogP contribution in [0.25, 0.3) is 0 Å². The maximum absolute atomic E-state index is 13.3. The summed E-state index contributed by atoms with van der Waals surface area (Å²) in [6.07, 6.45) is 9.98. The highest BCUT2D eigenvalue weighted by atomic mass is 16.6. The number of unbranched alkanes of at least 4 members (excludes halogenated alkanes) is 9. The minimum absolute atomic E-state index is 0.00322. The van der Waals surface area contributed by atoms with E-state index in [2.05, 4.69) is 6.92 Å². The fourth-order valence-corrected chi connectivity index (χ4v) is 3.72. The summed E-state index contributed by atoms with van der Waals surface area (Å²) < 4.78 is 15.6. The van der Waals surface area contributed by atoms with Crippen molar-refractivity contribution < 1.29 is 38.5 Å². The topological polar surface area (TPSA) is 116 Å². The van der Waals surface area contributed by atoms with Crippen molar-refractivity contribution in [3.05, 3.63) is 0 Å². The summed E-state index contributed by atoms with van der Waals surface area (Å²) in [4.78, 5) is 51.8. The first-order valence-electron chi connectivity index (χ1n) is 14.0. The molecule has 8 heteroatoms. The lowest BCUT2D eigenvalue weighted by molar-refractivity contribution is -0.188. The van der Waals surface area contributed by atoms with Gasteiger partial charge in [-0.05, 0) is 25.7 Å². The quantitative estimate of drug-likeness (QED) is 0.0826. The lowest BCUT2D eigenvalue weighted by Crippen LogP contribution is -2.55. The first-order valence-corrected chi connectivity index (χ1v) is 14.0. The molecule has 0 aliphatic heterocycles. The molecule has 8 nitrogen and oxygen atoms in total. The molecule has 2 atom stereocenters. The number of ether oxygens (including phenoxy) is 3. The molecular formula is C28H50O8. The van der Waals surface area contributed by atoms with Crippen LogP contribution in [0.3, 0.4) is 0 Å². The summed E-state index contributed by atoms with van der Waals surface area (Å²) >= 11 is 0. The van der Waals surface area contributed by atoms with Gasteiger partial charge in [0.05, 0.1) is 26.2 Å². The van der Waals surface area contributed by atoms with E-state index in [1.165, 1.54) is 6.42 Å². The first-order chi connectivity index (χ1) is 17.3. The van der Waals surface area contributed by atoms with Crippen LogP contribution in [0, 0.1) is 5.92 Å². The van der Waals surface area contributed by atoms with E-state index >= 15 is 0 Å². The number of carbonyl (C=O) groups excluding carboxylic acids is 4. The molecule has 0 radical (unpaired) electrons. The van der Waals surface area contributed by atoms with E-state index in [0.717, 1.165) is 51.4 Å². The lowest BCUT2D eigenvalue weighted by atomic mass is 9.80. The Hall–Kier alpha value is -1.96. The number of hydrogen-bond acceptors (Lipinski definition) is 8. The zero-order chi connectivity index (χ0) is 27.2. The highest BCUT2D eigenvalue weighted by Crippen LogP contribution is 2.29. The molecule has 0 spiro atoms. The fourth-order valence-electron chi connectivity index (χ4n) is 3.72. The Morgan fingerprint density at radius 2 is 1.11 bits per heavy atom. The third-order valence-electron chi connectivity index (χ3n) is 6.06. The molecule has 0 amide bonds. The van der Waals surface area contributed by atoms with E-state index in [-0.39, 0.29) is 26.2 Å². The van der Waals surface area contributed by atoms with Crippen molar-refractivity contribution >= 4 is 23.7 Å². The minimum atomic E-state index is -2.68. The van der Waals surface area contributed by atoms with Crippen molar-refractivity contribution in [2.45, 2.75) is 130 Å². The molecule has 210 valence electrons. The van der Waals surface area contributed by atoms with Gasteiger partial charge in [-0.15, -0.1) is 0 Å². The molecule has 0 saturated carbocycles. The summed E-state index contributed by atoms with van der Waals surface area (Å²) in [6, 6.07) is 0. The average Bonchev–Trinajstić information content (AvgIpc) is 2.84. The van der Waals surface area contributed by atoms with Crippen LogP contribution < -0.4 is 0 Å². The predicted molar refractivity (Wildman–Crippen MR) is 138 cm³/mol. The summed E-state index contributed by atoms with van der Waals surface area (Å²) in [6.45, 7) is 8.08. The van der Waals surface area contributed by atoms with Gasteiger partial charge >= 0.3 is 17.9 Å². The van der Waals surface area contributed by atoms with Gasteiger partial charge < -0.3 is 19.3 Å². The number of Topliss-reactive ketones (excluding diaryl/α,β-unsaturated/α-hetero) is 1. The lowest BCUT2D eigenvalue weighted by Gasteiger charge is -2.31. The van der Waals surface area contributed by atoms with Crippen molar-refractivity contribution in [2.75, 3.05) is 19.8 Å². The van der Waals surface area contributed by atoms with E-state index < -0.39 is 41.6 Å². The summed E-state index contributed by atoms with van der Waals surface area (Å²) in [5.74, 6) is -5.52. The van der Waals surface area contributed by atoms with Crippen LogP contribution in [-0.4, -0.2) is 54.2 Å². The maximum Gasteiger partial charge on any atom is 0.340 e. The smallest absolute Gasteiger partial charge is 0.340 e. The van der Waals surface area contributed by atoms with Gasteiger partial charge in [0.15, 0.2) is 17.3 Å². The van der Waals surface area contributed by atoms with E-state index in [9.17, 15) is 24.3 Å². The van der Waals surface area contributed by atoms with Gasteiger partial charge in [-0.25, -0.2) is 4.79 Å². The van der Waals surface area contributed by atoms with Crippen molar-refractivity contribution in [1.82, 2.24) is 0 Å². The molecular weight excluding hydrogens is 464 g/mol. The monoisotopic (exact) mass is 514 g/mol. The highest BCUT2D eigenvalue weighted by molar-refractivity contribution is 6.06. The van der Waals surface area contributed by atoms with E-state index in [0.29, 0.717) is 25.7 Å². The van der Waals surface area contributed by atoms with Crippen molar-refractivity contribution in [2.24, 2.45) is 5.92 Å². The number of aliphatic hydroxyl groups is 1. The molecule has 0 aromatic heterocycles. The van der Waals surface area contributed by atoms with Crippen molar-refractivity contribution in [1.29, 1.82) is 0 Å². The summed E-state index contributed by atoms with van der Waals surface area (Å²) in [5.41, 5.74) is -2.68. The normalized spacial score (nSPS) is 13.5. The van der Waals surface area contributed by atoms with Gasteiger partial charge in [-0.3, -0.25) is 14.4 Å². The standard InChI is InChI=1S/C28H50O8/c1-5-9-13-14-15-16-17-18-23(29)25(26(31)35-20-11-7-3)28(33,27(32)36-21-12-8-4)22-24(30)34-19-10-6-2/h25,33H,5-22H2,1-4H3. The van der Waals surface area contributed by atoms with Gasteiger partial charge in [0.1, 0.15) is 0 Å². The fraction of sp³-hybridized carbons (Fsp3) is 0.857. The zero-order valence-electron chi connectivity index (χ0n) is 23.1. The second kappa shape index (κ2) is 21.2. The van der Waals surface area contributed by atoms with Gasteiger partial charge in [-0.1, -0.05) is 85.5 Å². The average molecular weight is 515 g/mol. The minimum Gasteiger partial charge on any atom is -0.466 e. The largest absolute Gasteiger partial charge is 0.466 e. The Bertz CT molecular complexity index is 633. The SMILES string of the molecule is CCCCCCCCCC(=O)C(C(=O)OCCCC)C(O)(CC(=O)OCCCC)C(=O)OCCCC. The highest BCUT2D eigenvalue weighted by Gasteiger charge is 2.55. The first kappa shape index (κ1) is 34.0. The van der Waals surface area contributed by atoms with Crippen molar-refractivity contribution in [3.8, 4) is 0 Å². The molecule has 36 heavy (non-hydrogen) atoms. The Balaban J connectivity index is 5.69. The van der Waals surface area contributed by atoms with Crippen LogP contribution >= 0.6 is 0 Å². The molecule has 0 aromatic carbocycles. The van der Waals surface area contributed by atoms with Crippen LogP contribution in [0.4, 0.5) is 0 Å². The molecule has 0 aliphatic carbocycles. The van der Waals surface area contributed by atoms with Crippen LogP contribution in [0.5, 0.6) is 0 Å². The molecule has 0 aliphatic rings. The molecule has 0 heterocycles. The number of ketones is 1. The number of hydrogen-bond donors (Lipinski definition) is 1. The number of carbonyl (C=O) groups is 4. The Labute approximate surface area is 217 Å². The van der Waals surface area contributed by atoms with Crippen LogP contribution in [0.1, 0.15) is 124 Å². The van der Waals surface area contributed by atoms with E-state index in [1.807, 2.05) is 20.8 Å².